The van der Waals surface area contributed by atoms with Crippen LogP contribution in [0.5, 0.6) is 0 Å². The van der Waals surface area contributed by atoms with Gasteiger partial charge in [-0.2, -0.15) is 0 Å². The summed E-state index contributed by atoms with van der Waals surface area (Å²) >= 11 is 6.45. The number of hydrogen-bond donors (Lipinski definition) is 1. The normalized spacial score (nSPS) is 14.0. The minimum atomic E-state index is -0.0797. The number of pyridine rings is 2. The van der Waals surface area contributed by atoms with Gasteiger partial charge in [-0.1, -0.05) is 38.4 Å². The van der Waals surface area contributed by atoms with E-state index >= 15 is 0 Å². The number of aromatic nitrogens is 2. The second-order valence-electron chi connectivity index (χ2n) is 8.40. The fraction of sp³-hybridized carbons (Fsp3) is 0.476. The fourth-order valence-corrected chi connectivity index (χ4v) is 3.45. The third kappa shape index (κ3) is 5.19. The van der Waals surface area contributed by atoms with E-state index in [-0.39, 0.29) is 11.3 Å². The van der Waals surface area contributed by atoms with Crippen molar-refractivity contribution >= 4 is 29.0 Å². The van der Waals surface area contributed by atoms with Crippen LogP contribution in [0.25, 0.3) is 0 Å². The second kappa shape index (κ2) is 7.85. The largest absolute Gasteiger partial charge is 0.366 e. The number of rotatable bonds is 4. The number of halogens is 1. The Morgan fingerprint density at radius 1 is 1.33 bits per heavy atom. The molecule has 1 amide bonds. The van der Waals surface area contributed by atoms with Crippen LogP contribution in [0, 0.1) is 12.3 Å². The molecule has 144 valence electrons. The van der Waals surface area contributed by atoms with Crippen LogP contribution >= 0.6 is 11.6 Å². The average molecular weight is 387 g/mol. The van der Waals surface area contributed by atoms with Crippen molar-refractivity contribution in [1.82, 2.24) is 9.97 Å². The zero-order valence-corrected chi connectivity index (χ0v) is 17.2. The van der Waals surface area contributed by atoms with Gasteiger partial charge in [0.2, 0.25) is 5.91 Å². The SMILES string of the molecule is Cc1ccc(CN2CCCc3nc(NC(=O)CC(C)(C)C)c(Cl)cc32)cn1. The van der Waals surface area contributed by atoms with Crippen molar-refractivity contribution in [3.05, 3.63) is 46.4 Å². The molecule has 0 radical (unpaired) electrons. The van der Waals surface area contributed by atoms with Gasteiger partial charge in [-0.15, -0.1) is 0 Å². The van der Waals surface area contributed by atoms with Crippen LogP contribution in [0.15, 0.2) is 24.4 Å². The van der Waals surface area contributed by atoms with Crippen LogP contribution in [-0.4, -0.2) is 22.4 Å². The summed E-state index contributed by atoms with van der Waals surface area (Å²) in [5, 5.41) is 3.35. The van der Waals surface area contributed by atoms with Crippen LogP contribution in [0.3, 0.4) is 0 Å². The van der Waals surface area contributed by atoms with E-state index in [1.54, 1.807) is 0 Å². The van der Waals surface area contributed by atoms with E-state index in [0.717, 1.165) is 48.6 Å². The van der Waals surface area contributed by atoms with Crippen LogP contribution < -0.4 is 10.2 Å². The molecule has 3 heterocycles. The molecule has 0 fully saturated rings. The topological polar surface area (TPSA) is 58.1 Å². The first-order valence-corrected chi connectivity index (χ1v) is 9.75. The first-order chi connectivity index (χ1) is 12.7. The van der Waals surface area contributed by atoms with Gasteiger partial charge in [0.05, 0.1) is 16.4 Å². The maximum Gasteiger partial charge on any atom is 0.226 e. The monoisotopic (exact) mass is 386 g/mol. The molecule has 0 saturated heterocycles. The highest BCUT2D eigenvalue weighted by Gasteiger charge is 2.22. The predicted octanol–water partition coefficient (Wildman–Crippen LogP) is 4.77. The van der Waals surface area contributed by atoms with E-state index in [2.05, 4.69) is 26.3 Å². The van der Waals surface area contributed by atoms with Crippen molar-refractivity contribution in [2.45, 2.75) is 53.5 Å². The predicted molar refractivity (Wildman–Crippen MR) is 110 cm³/mol. The van der Waals surface area contributed by atoms with Gasteiger partial charge in [-0.05, 0) is 42.9 Å². The number of amides is 1. The van der Waals surface area contributed by atoms with Crippen molar-refractivity contribution in [3.63, 3.8) is 0 Å². The van der Waals surface area contributed by atoms with Gasteiger partial charge in [-0.3, -0.25) is 9.78 Å². The molecular formula is C21H27ClN4O. The highest BCUT2D eigenvalue weighted by Crippen LogP contribution is 2.33. The number of carbonyl (C=O) groups is 1. The lowest BCUT2D eigenvalue weighted by molar-refractivity contribution is -0.117. The molecule has 1 N–H and O–H groups in total. The van der Waals surface area contributed by atoms with Gasteiger partial charge < -0.3 is 10.2 Å². The molecule has 1 aliphatic rings. The Hall–Kier alpha value is -2.14. The average Bonchev–Trinajstić information content (AvgIpc) is 2.56. The third-order valence-corrected chi connectivity index (χ3v) is 4.80. The summed E-state index contributed by atoms with van der Waals surface area (Å²) in [6, 6.07) is 6.06. The molecular weight excluding hydrogens is 360 g/mol. The summed E-state index contributed by atoms with van der Waals surface area (Å²) in [6.07, 6.45) is 4.25. The molecule has 2 aromatic rings. The smallest absolute Gasteiger partial charge is 0.226 e. The number of hydrogen-bond acceptors (Lipinski definition) is 4. The lowest BCUT2D eigenvalue weighted by Gasteiger charge is -2.31. The lowest BCUT2D eigenvalue weighted by Crippen LogP contribution is -2.30. The van der Waals surface area contributed by atoms with Crippen LogP contribution in [0.4, 0.5) is 11.5 Å². The van der Waals surface area contributed by atoms with Crippen molar-refractivity contribution in [2.24, 2.45) is 5.41 Å². The highest BCUT2D eigenvalue weighted by molar-refractivity contribution is 6.33. The molecule has 0 aliphatic carbocycles. The Labute approximate surface area is 166 Å². The van der Waals surface area contributed by atoms with Crippen LogP contribution in [0.2, 0.25) is 5.02 Å². The van der Waals surface area contributed by atoms with E-state index in [1.165, 1.54) is 0 Å². The van der Waals surface area contributed by atoms with Crippen LogP contribution in [-0.2, 0) is 17.8 Å². The maximum absolute atomic E-state index is 12.3. The van der Waals surface area contributed by atoms with Gasteiger partial charge in [0.1, 0.15) is 0 Å². The molecule has 6 heteroatoms. The zero-order chi connectivity index (χ0) is 19.6. The van der Waals surface area contributed by atoms with E-state index in [9.17, 15) is 4.79 Å². The lowest BCUT2D eigenvalue weighted by atomic mass is 9.92. The molecule has 3 rings (SSSR count). The van der Waals surface area contributed by atoms with Gasteiger partial charge in [0.25, 0.3) is 0 Å². The van der Waals surface area contributed by atoms with E-state index in [4.69, 9.17) is 11.6 Å². The number of aryl methyl sites for hydroxylation is 2. The third-order valence-electron chi connectivity index (χ3n) is 4.51. The molecule has 0 saturated carbocycles. The van der Waals surface area contributed by atoms with Crippen molar-refractivity contribution in [3.8, 4) is 0 Å². The quantitative estimate of drug-likeness (QED) is 0.822. The minimum absolute atomic E-state index is 0.0600. The molecule has 0 spiro atoms. The summed E-state index contributed by atoms with van der Waals surface area (Å²) in [5.74, 6) is 0.402. The molecule has 0 unspecified atom stereocenters. The molecule has 0 atom stereocenters. The summed E-state index contributed by atoms with van der Waals surface area (Å²) in [4.78, 5) is 23.6. The fourth-order valence-electron chi connectivity index (χ4n) is 3.26. The summed E-state index contributed by atoms with van der Waals surface area (Å²) in [5.41, 5.74) is 4.12. The van der Waals surface area contributed by atoms with Gasteiger partial charge in [-0.25, -0.2) is 4.98 Å². The van der Waals surface area contributed by atoms with Gasteiger partial charge in [0, 0.05) is 31.4 Å². The summed E-state index contributed by atoms with van der Waals surface area (Å²) in [7, 11) is 0. The Balaban J connectivity index is 1.79. The van der Waals surface area contributed by atoms with Crippen LogP contribution in [0.1, 0.15) is 50.6 Å². The minimum Gasteiger partial charge on any atom is -0.366 e. The van der Waals surface area contributed by atoms with E-state index in [1.807, 2.05) is 46.0 Å². The maximum atomic E-state index is 12.3. The molecule has 27 heavy (non-hydrogen) atoms. The summed E-state index contributed by atoms with van der Waals surface area (Å²) in [6.45, 7) is 9.81. The standard InChI is InChI=1S/C21H27ClN4O/c1-14-7-8-15(12-23-14)13-26-9-5-6-17-18(26)10-16(22)20(24-17)25-19(27)11-21(2,3)4/h7-8,10,12H,5-6,9,11,13H2,1-4H3,(H,24,25,27). The summed E-state index contributed by atoms with van der Waals surface area (Å²) < 4.78 is 0. The van der Waals surface area contributed by atoms with Crippen molar-refractivity contribution in [1.29, 1.82) is 0 Å². The Bertz CT molecular complexity index is 827. The number of fused-ring (bicyclic) bond motifs is 1. The molecule has 5 nitrogen and oxygen atoms in total. The van der Waals surface area contributed by atoms with E-state index in [0.29, 0.717) is 17.3 Å². The molecule has 0 bridgehead atoms. The molecule has 0 aromatic carbocycles. The molecule has 2 aromatic heterocycles. The number of carbonyl (C=O) groups excluding carboxylic acids is 1. The Kier molecular flexibility index (Phi) is 5.70. The number of nitrogens with zero attached hydrogens (tertiary/aromatic N) is 3. The highest BCUT2D eigenvalue weighted by atomic mass is 35.5. The van der Waals surface area contributed by atoms with Crippen molar-refractivity contribution < 1.29 is 4.79 Å². The zero-order valence-electron chi connectivity index (χ0n) is 16.5. The number of nitrogens with one attached hydrogen (secondary N) is 1. The second-order valence-corrected chi connectivity index (χ2v) is 8.81. The van der Waals surface area contributed by atoms with Crippen molar-refractivity contribution in [2.75, 3.05) is 16.8 Å². The Morgan fingerprint density at radius 3 is 2.78 bits per heavy atom. The first-order valence-electron chi connectivity index (χ1n) is 9.37. The number of anilines is 2. The Morgan fingerprint density at radius 2 is 2.11 bits per heavy atom. The first kappa shape index (κ1) is 19.6. The van der Waals surface area contributed by atoms with Gasteiger partial charge >= 0.3 is 0 Å². The van der Waals surface area contributed by atoms with E-state index < -0.39 is 0 Å². The van der Waals surface area contributed by atoms with Gasteiger partial charge in [0.15, 0.2) is 5.82 Å². The molecule has 1 aliphatic heterocycles.